The molecule has 0 aliphatic heterocycles. The topological polar surface area (TPSA) is 43.8 Å². The van der Waals surface area contributed by atoms with Gasteiger partial charge in [-0.25, -0.2) is 4.98 Å². The van der Waals surface area contributed by atoms with Gasteiger partial charge in [0.25, 0.3) is 0 Å². The van der Waals surface area contributed by atoms with E-state index in [9.17, 15) is 0 Å². The number of aromatic nitrogens is 2. The van der Waals surface area contributed by atoms with E-state index in [2.05, 4.69) is 53.9 Å². The summed E-state index contributed by atoms with van der Waals surface area (Å²) in [5.74, 6) is 2.53. The van der Waals surface area contributed by atoms with Gasteiger partial charge < -0.3 is 10.3 Å². The van der Waals surface area contributed by atoms with Crippen LogP contribution in [0.5, 0.6) is 0 Å². The molecule has 0 amide bonds. The van der Waals surface area contributed by atoms with E-state index in [0.29, 0.717) is 6.04 Å². The maximum Gasteiger partial charge on any atom is 0.140 e. The fraction of sp³-hybridized carbons (Fsp3) is 0.500. The molecule has 1 aliphatic rings. The molecule has 2 aromatic rings. The van der Waals surface area contributed by atoms with Crippen molar-refractivity contribution < 1.29 is 0 Å². The van der Waals surface area contributed by atoms with Crippen molar-refractivity contribution in [2.24, 2.45) is 17.6 Å². The van der Waals surface area contributed by atoms with Gasteiger partial charge >= 0.3 is 0 Å². The molecule has 112 valence electrons. The zero-order valence-electron chi connectivity index (χ0n) is 12.9. The molecular formula is C18H25N3. The van der Waals surface area contributed by atoms with Gasteiger partial charge in [0.05, 0.1) is 6.04 Å². The first-order valence-corrected chi connectivity index (χ1v) is 8.00. The number of imidazole rings is 1. The van der Waals surface area contributed by atoms with E-state index in [4.69, 9.17) is 5.73 Å². The first kappa shape index (κ1) is 14.3. The summed E-state index contributed by atoms with van der Waals surface area (Å²) >= 11 is 0. The Morgan fingerprint density at radius 3 is 2.67 bits per heavy atom. The van der Waals surface area contributed by atoms with E-state index >= 15 is 0 Å². The molecule has 3 rings (SSSR count). The van der Waals surface area contributed by atoms with Gasteiger partial charge in [-0.2, -0.15) is 0 Å². The monoisotopic (exact) mass is 283 g/mol. The lowest BCUT2D eigenvalue weighted by molar-refractivity contribution is 0.194. The van der Waals surface area contributed by atoms with Crippen LogP contribution in [0.15, 0.2) is 42.7 Å². The molecular weight excluding hydrogens is 258 g/mol. The molecule has 3 heteroatoms. The van der Waals surface area contributed by atoms with Crippen LogP contribution in [0.1, 0.15) is 39.2 Å². The summed E-state index contributed by atoms with van der Waals surface area (Å²) in [6.45, 7) is 4.65. The van der Waals surface area contributed by atoms with Gasteiger partial charge in [-0.15, -0.1) is 0 Å². The van der Waals surface area contributed by atoms with Crippen molar-refractivity contribution >= 4 is 0 Å². The quantitative estimate of drug-likeness (QED) is 0.929. The van der Waals surface area contributed by atoms with Crippen molar-refractivity contribution in [3.05, 3.63) is 42.7 Å². The highest BCUT2D eigenvalue weighted by molar-refractivity contribution is 5.55. The lowest BCUT2D eigenvalue weighted by Gasteiger charge is -2.37. The highest BCUT2D eigenvalue weighted by Crippen LogP contribution is 2.37. The SMILES string of the molecule is CC(C)C1CCC(N)C(n2ccnc2-c2ccccc2)C1. The van der Waals surface area contributed by atoms with Gasteiger partial charge in [-0.05, 0) is 31.1 Å². The molecule has 0 bridgehead atoms. The predicted molar refractivity (Wildman–Crippen MR) is 86.9 cm³/mol. The number of nitrogens with zero attached hydrogens (tertiary/aromatic N) is 2. The zero-order valence-corrected chi connectivity index (χ0v) is 12.9. The molecule has 0 radical (unpaired) electrons. The molecule has 0 saturated heterocycles. The second-order valence-electron chi connectivity index (χ2n) is 6.57. The van der Waals surface area contributed by atoms with Crippen molar-refractivity contribution in [3.8, 4) is 11.4 Å². The van der Waals surface area contributed by atoms with Crippen LogP contribution in [0, 0.1) is 11.8 Å². The minimum Gasteiger partial charge on any atom is -0.326 e. The highest BCUT2D eigenvalue weighted by atomic mass is 15.1. The standard InChI is InChI=1S/C18H25N3/c1-13(2)15-8-9-16(19)17(12-15)21-11-10-20-18(21)14-6-4-3-5-7-14/h3-7,10-11,13,15-17H,8-9,12,19H2,1-2H3. The van der Waals surface area contributed by atoms with Gasteiger partial charge in [-0.1, -0.05) is 44.2 Å². The molecule has 3 unspecified atom stereocenters. The van der Waals surface area contributed by atoms with E-state index in [1.165, 1.54) is 12.0 Å². The smallest absolute Gasteiger partial charge is 0.140 e. The fourth-order valence-corrected chi connectivity index (χ4v) is 3.52. The first-order valence-electron chi connectivity index (χ1n) is 8.00. The molecule has 3 atom stereocenters. The maximum atomic E-state index is 6.43. The summed E-state index contributed by atoms with van der Waals surface area (Å²) in [5.41, 5.74) is 7.60. The van der Waals surface area contributed by atoms with Crippen LogP contribution >= 0.6 is 0 Å². The minimum atomic E-state index is 0.233. The number of benzene rings is 1. The second-order valence-corrected chi connectivity index (χ2v) is 6.57. The number of nitrogens with two attached hydrogens (primary N) is 1. The lowest BCUT2D eigenvalue weighted by Crippen LogP contribution is -2.39. The Morgan fingerprint density at radius 2 is 1.95 bits per heavy atom. The summed E-state index contributed by atoms with van der Waals surface area (Å²) in [6, 6.07) is 11.0. The average Bonchev–Trinajstić information content (AvgIpc) is 2.97. The third-order valence-electron chi connectivity index (χ3n) is 4.91. The molecule has 1 aromatic carbocycles. The van der Waals surface area contributed by atoms with Gasteiger partial charge in [-0.3, -0.25) is 0 Å². The predicted octanol–water partition coefficient (Wildman–Crippen LogP) is 3.87. The summed E-state index contributed by atoms with van der Waals surface area (Å²) in [7, 11) is 0. The molecule has 1 heterocycles. The van der Waals surface area contributed by atoms with Gasteiger partial charge in [0.1, 0.15) is 5.82 Å². The van der Waals surface area contributed by atoms with E-state index in [1.807, 2.05) is 12.3 Å². The molecule has 1 fully saturated rings. The molecule has 3 nitrogen and oxygen atoms in total. The Balaban J connectivity index is 1.91. The summed E-state index contributed by atoms with van der Waals surface area (Å²) in [6.07, 6.45) is 7.52. The Bertz CT molecular complexity index is 573. The molecule has 0 spiro atoms. The summed E-state index contributed by atoms with van der Waals surface area (Å²) in [4.78, 5) is 4.57. The third-order valence-corrected chi connectivity index (χ3v) is 4.91. The summed E-state index contributed by atoms with van der Waals surface area (Å²) < 4.78 is 2.30. The van der Waals surface area contributed by atoms with Crippen LogP contribution in [-0.2, 0) is 0 Å². The Morgan fingerprint density at radius 1 is 1.19 bits per heavy atom. The van der Waals surface area contributed by atoms with Gasteiger partial charge in [0.2, 0.25) is 0 Å². The molecule has 1 aromatic heterocycles. The largest absolute Gasteiger partial charge is 0.326 e. The van der Waals surface area contributed by atoms with Crippen LogP contribution in [-0.4, -0.2) is 15.6 Å². The zero-order chi connectivity index (χ0) is 14.8. The van der Waals surface area contributed by atoms with Gasteiger partial charge in [0.15, 0.2) is 0 Å². The third kappa shape index (κ3) is 2.88. The first-order chi connectivity index (χ1) is 10.2. The van der Waals surface area contributed by atoms with Crippen molar-refractivity contribution in [1.29, 1.82) is 0 Å². The van der Waals surface area contributed by atoms with Crippen LogP contribution in [0.2, 0.25) is 0 Å². The van der Waals surface area contributed by atoms with Crippen LogP contribution in [0.4, 0.5) is 0 Å². The van der Waals surface area contributed by atoms with Crippen LogP contribution < -0.4 is 5.73 Å². The maximum absolute atomic E-state index is 6.43. The molecule has 1 saturated carbocycles. The Labute approximate surface area is 127 Å². The van der Waals surface area contributed by atoms with E-state index < -0.39 is 0 Å². The van der Waals surface area contributed by atoms with Crippen molar-refractivity contribution in [1.82, 2.24) is 9.55 Å². The summed E-state index contributed by atoms with van der Waals surface area (Å²) in [5, 5.41) is 0. The molecule has 2 N–H and O–H groups in total. The highest BCUT2D eigenvalue weighted by Gasteiger charge is 2.31. The second kappa shape index (κ2) is 6.02. The van der Waals surface area contributed by atoms with Crippen molar-refractivity contribution in [3.63, 3.8) is 0 Å². The number of hydrogen-bond acceptors (Lipinski definition) is 2. The van der Waals surface area contributed by atoms with Crippen LogP contribution in [0.25, 0.3) is 11.4 Å². The normalized spacial score (nSPS) is 26.2. The Kier molecular flexibility index (Phi) is 4.11. The minimum absolute atomic E-state index is 0.233. The van der Waals surface area contributed by atoms with Crippen molar-refractivity contribution in [2.45, 2.75) is 45.2 Å². The average molecular weight is 283 g/mol. The Hall–Kier alpha value is -1.61. The van der Waals surface area contributed by atoms with Crippen LogP contribution in [0.3, 0.4) is 0 Å². The number of hydrogen-bond donors (Lipinski definition) is 1. The van der Waals surface area contributed by atoms with E-state index in [-0.39, 0.29) is 6.04 Å². The van der Waals surface area contributed by atoms with E-state index in [0.717, 1.165) is 30.5 Å². The molecule has 21 heavy (non-hydrogen) atoms. The fourth-order valence-electron chi connectivity index (χ4n) is 3.52. The van der Waals surface area contributed by atoms with Crippen molar-refractivity contribution in [2.75, 3.05) is 0 Å². The van der Waals surface area contributed by atoms with E-state index in [1.54, 1.807) is 0 Å². The lowest BCUT2D eigenvalue weighted by atomic mass is 9.77. The molecule has 1 aliphatic carbocycles. The van der Waals surface area contributed by atoms with Gasteiger partial charge in [0, 0.05) is 24.0 Å². The number of rotatable bonds is 3.